The summed E-state index contributed by atoms with van der Waals surface area (Å²) in [5, 5.41) is 6.03. The number of hydrogen-bond donors (Lipinski definition) is 2. The van der Waals surface area contributed by atoms with Gasteiger partial charge >= 0.3 is 0 Å². The van der Waals surface area contributed by atoms with E-state index in [1.807, 2.05) is 18.2 Å². The van der Waals surface area contributed by atoms with Crippen LogP contribution >= 0.6 is 12.4 Å². The summed E-state index contributed by atoms with van der Waals surface area (Å²) >= 11 is 0. The highest BCUT2D eigenvalue weighted by Gasteiger charge is 2.21. The first-order valence-corrected chi connectivity index (χ1v) is 7.31. The van der Waals surface area contributed by atoms with Crippen LogP contribution in [0, 0.1) is 0 Å². The molecule has 1 aromatic carbocycles. The lowest BCUT2D eigenvalue weighted by atomic mass is 10.2. The molecule has 1 aromatic rings. The molecule has 0 radical (unpaired) electrons. The normalized spacial score (nSPS) is 20.5. The van der Waals surface area contributed by atoms with Gasteiger partial charge in [-0.25, -0.2) is 0 Å². The van der Waals surface area contributed by atoms with Gasteiger partial charge in [-0.2, -0.15) is 0 Å². The van der Waals surface area contributed by atoms with Crippen molar-refractivity contribution in [3.05, 3.63) is 23.8 Å². The van der Waals surface area contributed by atoms with Crippen molar-refractivity contribution in [3.63, 3.8) is 0 Å². The van der Waals surface area contributed by atoms with E-state index in [-0.39, 0.29) is 18.3 Å². The van der Waals surface area contributed by atoms with Crippen LogP contribution in [0.15, 0.2) is 18.2 Å². The number of nitrogens with one attached hydrogen (secondary N) is 2. The van der Waals surface area contributed by atoms with E-state index in [2.05, 4.69) is 10.6 Å². The number of ether oxygens (including phenoxy) is 3. The average Bonchev–Trinajstić information content (AvgIpc) is 2.78. The molecular weight excluding hydrogens is 308 g/mol. The van der Waals surface area contributed by atoms with Crippen LogP contribution in [-0.2, 0) is 16.1 Å². The number of hydrogen-bond acceptors (Lipinski definition) is 5. The Labute approximate surface area is 135 Å². The molecule has 0 aromatic heterocycles. The lowest BCUT2D eigenvalue weighted by molar-refractivity contribution is -0.134. The molecule has 2 aliphatic rings. The lowest BCUT2D eigenvalue weighted by Crippen LogP contribution is -2.47. The van der Waals surface area contributed by atoms with Crippen LogP contribution in [0.4, 0.5) is 0 Å². The molecule has 2 aliphatic heterocycles. The van der Waals surface area contributed by atoms with Crippen LogP contribution in [0.2, 0.25) is 0 Å². The number of morpholine rings is 1. The van der Waals surface area contributed by atoms with Gasteiger partial charge in [-0.15, -0.1) is 12.4 Å². The summed E-state index contributed by atoms with van der Waals surface area (Å²) in [6.07, 6.45) is 0.478. The van der Waals surface area contributed by atoms with E-state index in [9.17, 15) is 4.79 Å². The molecule has 1 amide bonds. The van der Waals surface area contributed by atoms with Gasteiger partial charge in [-0.05, 0) is 17.7 Å². The Kier molecular flexibility index (Phi) is 6.30. The summed E-state index contributed by atoms with van der Waals surface area (Å²) in [6, 6.07) is 5.75. The number of amides is 1. The summed E-state index contributed by atoms with van der Waals surface area (Å²) in [4.78, 5) is 12.0. The molecule has 7 heteroatoms. The van der Waals surface area contributed by atoms with Gasteiger partial charge < -0.3 is 24.8 Å². The van der Waals surface area contributed by atoms with Gasteiger partial charge in [0.05, 0.1) is 19.8 Å². The summed E-state index contributed by atoms with van der Waals surface area (Å²) < 4.78 is 16.6. The molecule has 1 unspecified atom stereocenters. The molecule has 2 N–H and O–H groups in total. The molecule has 0 aliphatic carbocycles. The van der Waals surface area contributed by atoms with Gasteiger partial charge in [0.15, 0.2) is 11.5 Å². The zero-order valence-corrected chi connectivity index (χ0v) is 13.1. The zero-order valence-electron chi connectivity index (χ0n) is 12.3. The minimum atomic E-state index is -0.404. The second kappa shape index (κ2) is 8.22. The van der Waals surface area contributed by atoms with E-state index < -0.39 is 6.10 Å². The van der Waals surface area contributed by atoms with E-state index in [0.717, 1.165) is 30.0 Å². The lowest BCUT2D eigenvalue weighted by Gasteiger charge is -2.22. The molecule has 3 rings (SSSR count). The fourth-order valence-corrected chi connectivity index (χ4v) is 2.35. The Morgan fingerprint density at radius 3 is 2.82 bits per heavy atom. The molecule has 22 heavy (non-hydrogen) atoms. The summed E-state index contributed by atoms with van der Waals surface area (Å²) in [5.41, 5.74) is 0.983. The Morgan fingerprint density at radius 1 is 1.23 bits per heavy atom. The SMILES string of the molecule is Cl.O=C(NCc1ccc2c(c1)OCCCO2)C1CNCCO1. The number of rotatable bonds is 3. The van der Waals surface area contributed by atoms with Crippen molar-refractivity contribution >= 4 is 18.3 Å². The highest BCUT2D eigenvalue weighted by atomic mass is 35.5. The molecule has 6 nitrogen and oxygen atoms in total. The van der Waals surface area contributed by atoms with E-state index in [0.29, 0.717) is 32.9 Å². The molecular formula is C15H21ClN2O4. The van der Waals surface area contributed by atoms with Gasteiger partial charge in [-0.3, -0.25) is 4.79 Å². The van der Waals surface area contributed by atoms with Crippen molar-refractivity contribution in [2.75, 3.05) is 32.9 Å². The smallest absolute Gasteiger partial charge is 0.250 e. The maximum absolute atomic E-state index is 12.0. The molecule has 0 saturated carbocycles. The fraction of sp³-hybridized carbons (Fsp3) is 0.533. The van der Waals surface area contributed by atoms with Crippen molar-refractivity contribution < 1.29 is 19.0 Å². The Hall–Kier alpha value is -1.50. The standard InChI is InChI=1S/C15H20N2O4.ClH/c18-15(14-10-16-4-7-21-14)17-9-11-2-3-12-13(8-11)20-6-1-5-19-12;/h2-3,8,14,16H,1,4-7,9-10H2,(H,17,18);1H. The maximum atomic E-state index is 12.0. The van der Waals surface area contributed by atoms with Crippen LogP contribution in [0.3, 0.4) is 0 Å². The Balaban J connectivity index is 0.00000176. The number of carbonyl (C=O) groups is 1. The first kappa shape index (κ1) is 16.9. The molecule has 1 fully saturated rings. The van der Waals surface area contributed by atoms with Crippen LogP contribution in [0.1, 0.15) is 12.0 Å². The van der Waals surface area contributed by atoms with Crippen molar-refractivity contribution in [3.8, 4) is 11.5 Å². The first-order valence-electron chi connectivity index (χ1n) is 7.31. The Morgan fingerprint density at radius 2 is 2.05 bits per heavy atom. The van der Waals surface area contributed by atoms with E-state index in [1.54, 1.807) is 0 Å². The topological polar surface area (TPSA) is 68.8 Å². The number of carbonyl (C=O) groups excluding carboxylic acids is 1. The fourth-order valence-electron chi connectivity index (χ4n) is 2.35. The monoisotopic (exact) mass is 328 g/mol. The predicted molar refractivity (Wildman–Crippen MR) is 83.8 cm³/mol. The Bertz CT molecular complexity index is 506. The molecule has 2 heterocycles. The minimum Gasteiger partial charge on any atom is -0.490 e. The second-order valence-electron chi connectivity index (χ2n) is 5.11. The zero-order chi connectivity index (χ0) is 14.5. The van der Waals surface area contributed by atoms with Crippen molar-refractivity contribution in [1.82, 2.24) is 10.6 Å². The largest absolute Gasteiger partial charge is 0.490 e. The van der Waals surface area contributed by atoms with Crippen LogP contribution < -0.4 is 20.1 Å². The van der Waals surface area contributed by atoms with Crippen molar-refractivity contribution in [1.29, 1.82) is 0 Å². The van der Waals surface area contributed by atoms with Crippen LogP contribution in [0.5, 0.6) is 11.5 Å². The number of benzene rings is 1. The summed E-state index contributed by atoms with van der Waals surface area (Å²) in [7, 11) is 0. The van der Waals surface area contributed by atoms with Gasteiger partial charge in [0.2, 0.25) is 0 Å². The first-order chi connectivity index (χ1) is 10.3. The van der Waals surface area contributed by atoms with E-state index in [4.69, 9.17) is 14.2 Å². The van der Waals surface area contributed by atoms with Crippen molar-refractivity contribution in [2.45, 2.75) is 19.1 Å². The third kappa shape index (κ3) is 4.25. The van der Waals surface area contributed by atoms with Gasteiger partial charge in [0.25, 0.3) is 5.91 Å². The van der Waals surface area contributed by atoms with E-state index >= 15 is 0 Å². The molecule has 122 valence electrons. The quantitative estimate of drug-likeness (QED) is 0.862. The molecule has 0 bridgehead atoms. The van der Waals surface area contributed by atoms with Gasteiger partial charge in [-0.1, -0.05) is 6.07 Å². The van der Waals surface area contributed by atoms with E-state index in [1.165, 1.54) is 0 Å². The maximum Gasteiger partial charge on any atom is 0.250 e. The molecule has 1 atom stereocenters. The summed E-state index contributed by atoms with van der Waals surface area (Å²) in [5.74, 6) is 1.42. The number of halogens is 1. The predicted octanol–water partition coefficient (Wildman–Crippen LogP) is 0.874. The molecule has 1 saturated heterocycles. The van der Waals surface area contributed by atoms with Gasteiger partial charge in [0.1, 0.15) is 6.10 Å². The molecule has 0 spiro atoms. The second-order valence-corrected chi connectivity index (χ2v) is 5.11. The summed E-state index contributed by atoms with van der Waals surface area (Å²) in [6.45, 7) is 3.72. The van der Waals surface area contributed by atoms with Crippen LogP contribution in [0.25, 0.3) is 0 Å². The third-order valence-electron chi connectivity index (χ3n) is 3.50. The highest BCUT2D eigenvalue weighted by molar-refractivity contribution is 5.85. The third-order valence-corrected chi connectivity index (χ3v) is 3.50. The minimum absolute atomic E-state index is 0. The average molecular weight is 329 g/mol. The van der Waals surface area contributed by atoms with Crippen molar-refractivity contribution in [2.24, 2.45) is 0 Å². The number of fused-ring (bicyclic) bond motifs is 1. The highest BCUT2D eigenvalue weighted by Crippen LogP contribution is 2.30. The van der Waals surface area contributed by atoms with Crippen LogP contribution in [-0.4, -0.2) is 44.9 Å². The van der Waals surface area contributed by atoms with Gasteiger partial charge in [0, 0.05) is 26.1 Å².